The van der Waals surface area contributed by atoms with Crippen molar-refractivity contribution in [3.05, 3.63) is 88.4 Å². The van der Waals surface area contributed by atoms with Crippen molar-refractivity contribution >= 4 is 43.1 Å². The molecule has 0 aliphatic carbocycles. The number of hydrogen-bond donors (Lipinski definition) is 0. The van der Waals surface area contributed by atoms with Gasteiger partial charge in [0, 0.05) is 17.1 Å². The molecule has 0 aromatic heterocycles. The van der Waals surface area contributed by atoms with Crippen molar-refractivity contribution in [1.29, 1.82) is 0 Å². The van der Waals surface area contributed by atoms with Gasteiger partial charge < -0.3 is 9.47 Å². The van der Waals surface area contributed by atoms with Gasteiger partial charge in [0.15, 0.2) is 16.4 Å². The second kappa shape index (κ2) is 10.6. The predicted octanol–water partition coefficient (Wildman–Crippen LogP) is 5.15. The number of hydrogen-bond acceptors (Lipinski definition) is 7. The molecule has 1 aliphatic rings. The van der Waals surface area contributed by atoms with Gasteiger partial charge in [-0.05, 0) is 78.7 Å². The molecule has 3 aromatic carbocycles. The van der Waals surface area contributed by atoms with Gasteiger partial charge in [0.25, 0.3) is 0 Å². The fourth-order valence-corrected chi connectivity index (χ4v) is 4.70. The molecule has 1 atom stereocenters. The lowest BCUT2D eigenvalue weighted by Gasteiger charge is -2.24. The predicted molar refractivity (Wildman–Crippen MR) is 139 cm³/mol. The van der Waals surface area contributed by atoms with E-state index in [1.165, 1.54) is 6.26 Å². The van der Waals surface area contributed by atoms with E-state index in [4.69, 9.17) is 14.6 Å². The summed E-state index contributed by atoms with van der Waals surface area (Å²) in [6.07, 6.45) is 1.86. The minimum atomic E-state index is -3.29. The molecule has 9 heteroatoms. The van der Waals surface area contributed by atoms with Gasteiger partial charge in [0.05, 0.1) is 28.9 Å². The highest BCUT2D eigenvalue weighted by Crippen LogP contribution is 2.37. The van der Waals surface area contributed by atoms with Crippen LogP contribution < -0.4 is 9.75 Å². The molecule has 0 radical (unpaired) electrons. The molecule has 3 aromatic rings. The van der Waals surface area contributed by atoms with Crippen LogP contribution >= 0.6 is 15.9 Å². The van der Waals surface area contributed by atoms with E-state index < -0.39 is 15.8 Å². The Kier molecular flexibility index (Phi) is 7.57. The van der Waals surface area contributed by atoms with E-state index in [1.54, 1.807) is 43.3 Å². The van der Waals surface area contributed by atoms with Crippen molar-refractivity contribution in [3.63, 3.8) is 0 Å². The highest BCUT2D eigenvalue weighted by atomic mass is 79.9. The molecule has 7 nitrogen and oxygen atoms in total. The number of esters is 1. The quantitative estimate of drug-likeness (QED) is 0.356. The Morgan fingerprint density at radius 2 is 1.69 bits per heavy atom. The van der Waals surface area contributed by atoms with E-state index in [-0.39, 0.29) is 17.5 Å². The van der Waals surface area contributed by atoms with Gasteiger partial charge in [-0.15, -0.1) is 0 Å². The highest BCUT2D eigenvalue weighted by Gasteiger charge is 2.30. The monoisotopic (exact) mass is 556 g/mol. The van der Waals surface area contributed by atoms with Crippen molar-refractivity contribution in [3.8, 4) is 5.75 Å². The van der Waals surface area contributed by atoms with E-state index >= 15 is 0 Å². The highest BCUT2D eigenvalue weighted by molar-refractivity contribution is 9.10. The summed E-state index contributed by atoms with van der Waals surface area (Å²) in [6, 6.07) is 22.2. The Morgan fingerprint density at radius 3 is 2.29 bits per heavy atom. The molecule has 1 aliphatic heterocycles. The standard InChI is InChI=1S/C26H25BrN2O5S/c1-3-33-26(30)17-34-22-12-6-18(7-13-22)24-16-25(19-4-8-20(27)9-5-19)29(28-24)21-10-14-23(15-11-21)35(2,31)32/h4-15,25H,3,16-17H2,1-2H3. The van der Waals surface area contributed by atoms with Crippen LogP contribution in [0.25, 0.3) is 0 Å². The molecule has 0 bridgehead atoms. The summed E-state index contributed by atoms with van der Waals surface area (Å²) in [7, 11) is -3.29. The largest absolute Gasteiger partial charge is 0.482 e. The number of carbonyl (C=O) groups excluding carboxylic acids is 1. The minimum Gasteiger partial charge on any atom is -0.482 e. The smallest absolute Gasteiger partial charge is 0.344 e. The number of sulfone groups is 1. The average Bonchev–Trinajstić information content (AvgIpc) is 3.29. The molecule has 1 unspecified atom stereocenters. The molecule has 1 heterocycles. The second-order valence-electron chi connectivity index (χ2n) is 8.05. The number of rotatable bonds is 8. The number of nitrogens with zero attached hydrogens (tertiary/aromatic N) is 2. The lowest BCUT2D eigenvalue weighted by molar-refractivity contribution is -0.145. The zero-order valence-electron chi connectivity index (χ0n) is 19.3. The normalized spacial score (nSPS) is 15.6. The minimum absolute atomic E-state index is 0.0538. The van der Waals surface area contributed by atoms with E-state index in [0.29, 0.717) is 18.8 Å². The van der Waals surface area contributed by atoms with Crippen LogP contribution in [-0.4, -0.2) is 39.6 Å². The van der Waals surface area contributed by atoms with E-state index in [0.717, 1.165) is 27.0 Å². The van der Waals surface area contributed by atoms with Crippen molar-refractivity contribution < 1.29 is 22.7 Å². The number of halogens is 1. The summed E-state index contributed by atoms with van der Waals surface area (Å²) in [5, 5.41) is 6.83. The maximum Gasteiger partial charge on any atom is 0.344 e. The Balaban J connectivity index is 1.60. The molecular weight excluding hydrogens is 532 g/mol. The summed E-state index contributed by atoms with van der Waals surface area (Å²) in [5.74, 6) is 0.157. The zero-order chi connectivity index (χ0) is 25.0. The number of anilines is 1. The molecule has 35 heavy (non-hydrogen) atoms. The van der Waals surface area contributed by atoms with Crippen LogP contribution in [0.4, 0.5) is 5.69 Å². The summed E-state index contributed by atoms with van der Waals surface area (Å²) in [5.41, 5.74) is 3.72. The number of hydrazone groups is 1. The van der Waals surface area contributed by atoms with Crippen LogP contribution in [0.1, 0.15) is 30.5 Å². The molecule has 0 amide bonds. The lowest BCUT2D eigenvalue weighted by Crippen LogP contribution is -2.18. The summed E-state index contributed by atoms with van der Waals surface area (Å²) >= 11 is 3.49. The van der Waals surface area contributed by atoms with Crippen molar-refractivity contribution in [1.82, 2.24) is 0 Å². The van der Waals surface area contributed by atoms with Crippen molar-refractivity contribution in [2.75, 3.05) is 24.5 Å². The van der Waals surface area contributed by atoms with E-state index in [1.807, 2.05) is 29.3 Å². The molecule has 182 valence electrons. The van der Waals surface area contributed by atoms with Crippen LogP contribution in [0, 0.1) is 0 Å². The topological polar surface area (TPSA) is 85.3 Å². The molecular formula is C26H25BrN2O5S. The lowest BCUT2D eigenvalue weighted by atomic mass is 9.98. The first-order chi connectivity index (χ1) is 16.7. The van der Waals surface area contributed by atoms with Crippen LogP contribution in [0.5, 0.6) is 5.75 Å². The fraction of sp³-hybridized carbons (Fsp3) is 0.231. The van der Waals surface area contributed by atoms with Gasteiger partial charge in [-0.3, -0.25) is 5.01 Å². The summed E-state index contributed by atoms with van der Waals surface area (Å²) < 4.78 is 35.1. The van der Waals surface area contributed by atoms with Gasteiger partial charge in [-0.25, -0.2) is 13.2 Å². The van der Waals surface area contributed by atoms with Crippen LogP contribution in [-0.2, 0) is 19.4 Å². The van der Waals surface area contributed by atoms with Gasteiger partial charge in [-0.1, -0.05) is 28.1 Å². The molecule has 0 N–H and O–H groups in total. The third kappa shape index (κ3) is 6.10. The van der Waals surface area contributed by atoms with Crippen LogP contribution in [0.3, 0.4) is 0 Å². The molecule has 0 spiro atoms. The number of ether oxygens (including phenoxy) is 2. The maximum absolute atomic E-state index is 11.9. The van der Waals surface area contributed by atoms with Gasteiger partial charge in [0.2, 0.25) is 0 Å². The zero-order valence-corrected chi connectivity index (χ0v) is 21.8. The maximum atomic E-state index is 11.9. The van der Waals surface area contributed by atoms with E-state index in [2.05, 4.69) is 28.1 Å². The van der Waals surface area contributed by atoms with Crippen LogP contribution in [0.15, 0.2) is 87.3 Å². The van der Waals surface area contributed by atoms with Gasteiger partial charge >= 0.3 is 5.97 Å². The van der Waals surface area contributed by atoms with E-state index in [9.17, 15) is 13.2 Å². The SMILES string of the molecule is CCOC(=O)COc1ccc(C2=NN(c3ccc(S(C)(=O)=O)cc3)C(c3ccc(Br)cc3)C2)cc1. The molecule has 0 saturated carbocycles. The average molecular weight is 557 g/mol. The second-order valence-corrected chi connectivity index (χ2v) is 11.0. The first-order valence-corrected chi connectivity index (χ1v) is 13.7. The number of carbonyl (C=O) groups is 1. The fourth-order valence-electron chi connectivity index (χ4n) is 3.80. The summed E-state index contributed by atoms with van der Waals surface area (Å²) in [6.45, 7) is 1.92. The van der Waals surface area contributed by atoms with Crippen molar-refractivity contribution in [2.45, 2.75) is 24.3 Å². The first-order valence-electron chi connectivity index (χ1n) is 11.1. The number of benzene rings is 3. The molecule has 0 saturated heterocycles. The Hall–Kier alpha value is -3.17. The Morgan fingerprint density at radius 1 is 1.03 bits per heavy atom. The molecule has 4 rings (SSSR count). The van der Waals surface area contributed by atoms with Gasteiger partial charge in [0.1, 0.15) is 5.75 Å². The van der Waals surface area contributed by atoms with Crippen molar-refractivity contribution in [2.24, 2.45) is 5.10 Å². The third-order valence-corrected chi connectivity index (χ3v) is 7.20. The Labute approximate surface area is 213 Å². The van der Waals surface area contributed by atoms with Crippen LogP contribution in [0.2, 0.25) is 0 Å². The Bertz CT molecular complexity index is 1320. The third-order valence-electron chi connectivity index (χ3n) is 5.54. The molecule has 0 fully saturated rings. The van der Waals surface area contributed by atoms with Gasteiger partial charge in [-0.2, -0.15) is 5.10 Å². The summed E-state index contributed by atoms with van der Waals surface area (Å²) in [4.78, 5) is 11.8. The first kappa shape index (κ1) is 24.9.